The van der Waals surface area contributed by atoms with Gasteiger partial charge in [-0.05, 0) is 57.6 Å². The van der Waals surface area contributed by atoms with Gasteiger partial charge in [0.05, 0.1) is 5.69 Å². The van der Waals surface area contributed by atoms with E-state index in [-0.39, 0.29) is 23.9 Å². The van der Waals surface area contributed by atoms with E-state index >= 15 is 0 Å². The molecule has 2 N–H and O–H groups in total. The quantitative estimate of drug-likeness (QED) is 0.703. The predicted octanol–water partition coefficient (Wildman–Crippen LogP) is 3.48. The molecule has 29 heavy (non-hydrogen) atoms. The van der Waals surface area contributed by atoms with Crippen LogP contribution in [0.1, 0.15) is 54.7 Å². The van der Waals surface area contributed by atoms with Crippen LogP contribution >= 0.6 is 0 Å². The van der Waals surface area contributed by atoms with Crippen molar-refractivity contribution >= 4 is 17.9 Å². The van der Waals surface area contributed by atoms with Crippen molar-refractivity contribution in [3.63, 3.8) is 0 Å². The van der Waals surface area contributed by atoms with E-state index in [1.54, 1.807) is 6.08 Å². The fraction of sp³-hybridized carbons (Fsp3) is 0.435. The third-order valence-electron chi connectivity index (χ3n) is 5.40. The molecule has 154 valence electrons. The third kappa shape index (κ3) is 6.31. The summed E-state index contributed by atoms with van der Waals surface area (Å²) in [4.78, 5) is 24.6. The molecule has 0 unspecified atom stereocenters. The Labute approximate surface area is 171 Å². The van der Waals surface area contributed by atoms with E-state index in [1.165, 1.54) is 0 Å². The van der Waals surface area contributed by atoms with Crippen molar-refractivity contribution in [2.75, 3.05) is 0 Å². The predicted molar refractivity (Wildman–Crippen MR) is 112 cm³/mol. The third-order valence-corrected chi connectivity index (χ3v) is 5.40. The van der Waals surface area contributed by atoms with Crippen molar-refractivity contribution in [3.05, 3.63) is 59.0 Å². The Morgan fingerprint density at radius 2 is 1.86 bits per heavy atom. The number of benzene rings is 1. The SMILES string of the molecule is Cc1noc(C)c1CCC(=O)N[C@H]1CCC[C@@H](NC(=O)C=Cc2ccccc2)C1. The Hall–Kier alpha value is -2.89. The van der Waals surface area contributed by atoms with Gasteiger partial charge in [-0.2, -0.15) is 0 Å². The second-order valence-corrected chi connectivity index (χ2v) is 7.68. The molecule has 1 heterocycles. The average molecular weight is 396 g/mol. The smallest absolute Gasteiger partial charge is 0.244 e. The summed E-state index contributed by atoms with van der Waals surface area (Å²) in [7, 11) is 0. The van der Waals surface area contributed by atoms with Crippen LogP contribution in [0.4, 0.5) is 0 Å². The largest absolute Gasteiger partial charge is 0.361 e. The maximum Gasteiger partial charge on any atom is 0.244 e. The van der Waals surface area contributed by atoms with E-state index in [9.17, 15) is 9.59 Å². The Bertz CT molecular complexity index is 838. The van der Waals surface area contributed by atoms with E-state index in [0.717, 1.165) is 48.3 Å². The van der Waals surface area contributed by atoms with Gasteiger partial charge in [0.25, 0.3) is 0 Å². The van der Waals surface area contributed by atoms with Crippen LogP contribution in [0, 0.1) is 13.8 Å². The molecular formula is C23H29N3O3. The standard InChI is InChI=1S/C23H29N3O3/c1-16-21(17(2)29-26-16)12-14-23(28)25-20-10-6-9-19(15-20)24-22(27)13-11-18-7-4-3-5-8-18/h3-5,7-8,11,13,19-20H,6,9-10,12,14-15H2,1-2H3,(H,24,27)(H,25,28)/t19-,20+/m1/s1. The first-order chi connectivity index (χ1) is 14.0. The lowest BCUT2D eigenvalue weighted by atomic mass is 9.90. The molecule has 1 aliphatic rings. The summed E-state index contributed by atoms with van der Waals surface area (Å²) in [6.07, 6.45) is 8.07. The van der Waals surface area contributed by atoms with Gasteiger partial charge in [-0.3, -0.25) is 9.59 Å². The van der Waals surface area contributed by atoms with Crippen molar-refractivity contribution in [2.45, 2.75) is 64.5 Å². The number of carbonyl (C=O) groups is 2. The van der Waals surface area contributed by atoms with Gasteiger partial charge in [-0.15, -0.1) is 0 Å². The summed E-state index contributed by atoms with van der Waals surface area (Å²) in [5.74, 6) is 0.717. The number of nitrogens with zero attached hydrogens (tertiary/aromatic N) is 1. The molecule has 1 aromatic heterocycles. The summed E-state index contributed by atoms with van der Waals surface area (Å²) in [5.41, 5.74) is 2.85. The molecule has 1 saturated carbocycles. The number of hydrogen-bond acceptors (Lipinski definition) is 4. The molecule has 2 amide bonds. The number of hydrogen-bond donors (Lipinski definition) is 2. The van der Waals surface area contributed by atoms with Crippen LogP contribution in [-0.2, 0) is 16.0 Å². The van der Waals surface area contributed by atoms with Crippen LogP contribution in [0.5, 0.6) is 0 Å². The molecule has 3 rings (SSSR count). The van der Waals surface area contributed by atoms with E-state index < -0.39 is 0 Å². The van der Waals surface area contributed by atoms with Gasteiger partial charge >= 0.3 is 0 Å². The maximum atomic E-state index is 12.4. The van der Waals surface area contributed by atoms with E-state index in [1.807, 2.05) is 50.3 Å². The second kappa shape index (κ2) is 10.0. The van der Waals surface area contributed by atoms with Crippen molar-refractivity contribution in [1.29, 1.82) is 0 Å². The summed E-state index contributed by atoms with van der Waals surface area (Å²) >= 11 is 0. The van der Waals surface area contributed by atoms with Crippen LogP contribution in [0.2, 0.25) is 0 Å². The minimum absolute atomic E-state index is 0.0333. The molecule has 2 aromatic rings. The van der Waals surface area contributed by atoms with Crippen molar-refractivity contribution in [2.24, 2.45) is 0 Å². The lowest BCUT2D eigenvalue weighted by Gasteiger charge is -2.30. The fourth-order valence-corrected chi connectivity index (χ4v) is 3.83. The highest BCUT2D eigenvalue weighted by Crippen LogP contribution is 2.19. The first-order valence-corrected chi connectivity index (χ1v) is 10.3. The molecule has 6 nitrogen and oxygen atoms in total. The van der Waals surface area contributed by atoms with E-state index in [0.29, 0.717) is 12.8 Å². The van der Waals surface area contributed by atoms with Crippen LogP contribution in [0.15, 0.2) is 40.9 Å². The van der Waals surface area contributed by atoms with Gasteiger partial charge in [0, 0.05) is 30.1 Å². The molecule has 1 aromatic carbocycles. The molecule has 0 bridgehead atoms. The molecular weight excluding hydrogens is 366 g/mol. The zero-order chi connectivity index (χ0) is 20.6. The summed E-state index contributed by atoms with van der Waals surface area (Å²) in [6.45, 7) is 3.76. The first kappa shape index (κ1) is 20.8. The van der Waals surface area contributed by atoms with Crippen LogP contribution in [0.3, 0.4) is 0 Å². The highest BCUT2D eigenvalue weighted by molar-refractivity contribution is 5.91. The van der Waals surface area contributed by atoms with Crippen LogP contribution in [0.25, 0.3) is 6.08 Å². The molecule has 0 radical (unpaired) electrons. The minimum Gasteiger partial charge on any atom is -0.361 e. The van der Waals surface area contributed by atoms with E-state index in [2.05, 4.69) is 15.8 Å². The zero-order valence-electron chi connectivity index (χ0n) is 17.1. The van der Waals surface area contributed by atoms with Gasteiger partial charge in [0.15, 0.2) is 0 Å². The van der Waals surface area contributed by atoms with Gasteiger partial charge in [0.2, 0.25) is 11.8 Å². The molecule has 2 atom stereocenters. The minimum atomic E-state index is -0.0933. The number of nitrogens with one attached hydrogen (secondary N) is 2. The highest BCUT2D eigenvalue weighted by Gasteiger charge is 2.24. The normalized spacial score (nSPS) is 19.2. The fourth-order valence-electron chi connectivity index (χ4n) is 3.83. The number of amides is 2. The van der Waals surface area contributed by atoms with Gasteiger partial charge in [-0.1, -0.05) is 35.5 Å². The van der Waals surface area contributed by atoms with Crippen LogP contribution < -0.4 is 10.6 Å². The summed E-state index contributed by atoms with van der Waals surface area (Å²) in [5, 5.41) is 10.1. The Balaban J connectivity index is 1.43. The lowest BCUT2D eigenvalue weighted by Crippen LogP contribution is -2.45. The summed E-state index contributed by atoms with van der Waals surface area (Å²) in [6, 6.07) is 9.93. The van der Waals surface area contributed by atoms with E-state index in [4.69, 9.17) is 4.52 Å². The Kier molecular flexibility index (Phi) is 7.22. The Morgan fingerprint density at radius 3 is 2.55 bits per heavy atom. The molecule has 1 fully saturated rings. The number of aromatic nitrogens is 1. The average Bonchev–Trinajstić information content (AvgIpc) is 3.03. The van der Waals surface area contributed by atoms with Crippen molar-refractivity contribution < 1.29 is 14.1 Å². The maximum absolute atomic E-state index is 12.4. The monoisotopic (exact) mass is 395 g/mol. The summed E-state index contributed by atoms with van der Waals surface area (Å²) < 4.78 is 5.15. The van der Waals surface area contributed by atoms with Gasteiger partial charge < -0.3 is 15.2 Å². The molecule has 0 aliphatic heterocycles. The lowest BCUT2D eigenvalue weighted by molar-refractivity contribution is -0.122. The number of aryl methyl sites for hydroxylation is 2. The second-order valence-electron chi connectivity index (χ2n) is 7.68. The molecule has 0 spiro atoms. The number of carbonyl (C=O) groups excluding carboxylic acids is 2. The topological polar surface area (TPSA) is 84.2 Å². The van der Waals surface area contributed by atoms with Crippen molar-refractivity contribution in [3.8, 4) is 0 Å². The molecule has 6 heteroatoms. The molecule has 0 saturated heterocycles. The van der Waals surface area contributed by atoms with Gasteiger partial charge in [-0.25, -0.2) is 0 Å². The first-order valence-electron chi connectivity index (χ1n) is 10.3. The van der Waals surface area contributed by atoms with Crippen molar-refractivity contribution in [1.82, 2.24) is 15.8 Å². The molecule has 1 aliphatic carbocycles. The highest BCUT2D eigenvalue weighted by atomic mass is 16.5. The van der Waals surface area contributed by atoms with Crippen LogP contribution in [-0.4, -0.2) is 29.1 Å². The number of rotatable bonds is 7. The zero-order valence-corrected chi connectivity index (χ0v) is 17.1. The van der Waals surface area contributed by atoms with Gasteiger partial charge in [0.1, 0.15) is 5.76 Å². The Morgan fingerprint density at radius 1 is 1.14 bits per heavy atom.